The van der Waals surface area contributed by atoms with E-state index < -0.39 is 21.2 Å². The van der Waals surface area contributed by atoms with E-state index in [9.17, 15) is 35.5 Å². The SMILES string of the molecule is CC(C)(C)c1cc2c(O)c(c1)Cc1cc(C(C)(C)C)cc(c1O)Cc1cc(C(C)(C)C)cc(c1OCc1cc([N+](=O)[O-])cc([N+](=O)[O-])c1)Cc1cc(C(C)(C)C)cc(c1O)C2. The number of hydrogen-bond donors (Lipinski definition) is 3. The third kappa shape index (κ3) is 9.69. The van der Waals surface area contributed by atoms with Crippen LogP contribution in [0.5, 0.6) is 23.0 Å². The van der Waals surface area contributed by atoms with Crippen LogP contribution in [0.3, 0.4) is 0 Å². The van der Waals surface area contributed by atoms with E-state index in [4.69, 9.17) is 4.74 Å². The number of hydrogen-bond acceptors (Lipinski definition) is 8. The molecule has 3 N–H and O–H groups in total. The van der Waals surface area contributed by atoms with Gasteiger partial charge in [0.25, 0.3) is 11.4 Å². The summed E-state index contributed by atoms with van der Waals surface area (Å²) >= 11 is 0. The van der Waals surface area contributed by atoms with Gasteiger partial charge in [-0.1, -0.05) is 132 Å². The van der Waals surface area contributed by atoms with Gasteiger partial charge in [-0.2, -0.15) is 0 Å². The van der Waals surface area contributed by atoms with Crippen LogP contribution >= 0.6 is 0 Å². The van der Waals surface area contributed by atoms with E-state index in [1.165, 1.54) is 12.1 Å². The molecule has 6 rings (SSSR count). The highest BCUT2D eigenvalue weighted by Gasteiger charge is 2.28. The maximum Gasteiger partial charge on any atom is 0.276 e. The van der Waals surface area contributed by atoms with E-state index in [1.807, 2.05) is 36.4 Å². The number of ether oxygens (including phenoxy) is 1. The lowest BCUT2D eigenvalue weighted by atomic mass is 9.79. The molecule has 0 radical (unpaired) electrons. The molecule has 0 spiro atoms. The smallest absolute Gasteiger partial charge is 0.276 e. The second-order valence-corrected chi connectivity index (χ2v) is 20.9. The number of rotatable bonds is 5. The van der Waals surface area contributed by atoms with Crippen molar-refractivity contribution >= 4 is 11.4 Å². The van der Waals surface area contributed by atoms with E-state index in [0.29, 0.717) is 39.1 Å². The van der Waals surface area contributed by atoms with Gasteiger partial charge in [0.05, 0.1) is 15.9 Å². The molecule has 5 aromatic carbocycles. The van der Waals surface area contributed by atoms with E-state index in [2.05, 4.69) is 95.2 Å². The summed E-state index contributed by atoms with van der Waals surface area (Å²) < 4.78 is 6.71. The summed E-state index contributed by atoms with van der Waals surface area (Å²) in [7, 11) is 0. The van der Waals surface area contributed by atoms with Crippen molar-refractivity contribution in [3.8, 4) is 23.0 Å². The lowest BCUT2D eigenvalue weighted by Crippen LogP contribution is -2.16. The zero-order chi connectivity index (χ0) is 45.1. The molecule has 0 saturated heterocycles. The van der Waals surface area contributed by atoms with Crippen molar-refractivity contribution in [2.24, 2.45) is 0 Å². The topological polar surface area (TPSA) is 156 Å². The van der Waals surface area contributed by atoms with Crippen molar-refractivity contribution in [2.75, 3.05) is 0 Å². The van der Waals surface area contributed by atoms with Crippen molar-refractivity contribution in [3.05, 3.63) is 159 Å². The monoisotopic (exact) mass is 828 g/mol. The summed E-state index contributed by atoms with van der Waals surface area (Å²) in [6, 6.07) is 19.7. The highest BCUT2D eigenvalue weighted by molar-refractivity contribution is 5.59. The molecule has 0 amide bonds. The Bertz CT molecular complexity index is 2410. The normalized spacial score (nSPS) is 13.5. The maximum atomic E-state index is 12.3. The molecule has 10 heteroatoms. The van der Waals surface area contributed by atoms with Gasteiger partial charge in [-0.05, 0) is 88.4 Å². The van der Waals surface area contributed by atoms with Crippen LogP contribution in [-0.2, 0) is 54.0 Å². The number of phenolic OH excluding ortho intramolecular Hbond substituents is 3. The molecule has 0 unspecified atom stereocenters. The van der Waals surface area contributed by atoms with Crippen molar-refractivity contribution in [3.63, 3.8) is 0 Å². The minimum atomic E-state index is -0.662. The highest BCUT2D eigenvalue weighted by Crippen LogP contribution is 2.44. The van der Waals surface area contributed by atoms with Crippen molar-refractivity contribution in [1.29, 1.82) is 0 Å². The highest BCUT2D eigenvalue weighted by atomic mass is 16.6. The number of nitro benzene ring substituents is 2. The molecule has 10 nitrogen and oxygen atoms in total. The molecular weight excluding hydrogens is 769 g/mol. The number of aromatic hydroxyl groups is 3. The molecule has 0 saturated carbocycles. The molecule has 61 heavy (non-hydrogen) atoms. The van der Waals surface area contributed by atoms with Crippen LogP contribution in [0.25, 0.3) is 0 Å². The summed E-state index contributed by atoms with van der Waals surface area (Å²) in [5.74, 6) is 0.781. The van der Waals surface area contributed by atoms with Crippen LogP contribution < -0.4 is 4.74 Å². The number of non-ortho nitro benzene ring substituents is 2. The van der Waals surface area contributed by atoms with Gasteiger partial charge in [-0.15, -0.1) is 0 Å². The number of phenols is 3. The van der Waals surface area contributed by atoms with Crippen LogP contribution in [0.4, 0.5) is 11.4 Å². The summed E-state index contributed by atoms with van der Waals surface area (Å²) in [6.07, 6.45) is 0.936. The minimum Gasteiger partial charge on any atom is -0.507 e. The Morgan fingerprint density at radius 1 is 0.443 bits per heavy atom. The standard InChI is InChI=1S/C51H60N2O8/c1-48(2,3)38-19-30-15-32-21-39(49(4,5)6)23-34(45(32)55)17-36-25-41(51(10,11)12)26-37(47(36)61-28-29-13-42(52(57)58)27-43(14-29)53(59)60)18-35-24-40(50(7,8)9)22-33(46(35)56)16-31(20-38)44(30)54/h13-14,19-27,54-56H,15-18,28H2,1-12H3. The lowest BCUT2D eigenvalue weighted by molar-refractivity contribution is -0.394. The lowest BCUT2D eigenvalue weighted by Gasteiger charge is -2.27. The van der Waals surface area contributed by atoms with Crippen molar-refractivity contribution in [2.45, 2.75) is 137 Å². The largest absolute Gasteiger partial charge is 0.507 e. The van der Waals surface area contributed by atoms with Crippen molar-refractivity contribution in [1.82, 2.24) is 0 Å². The molecule has 5 aromatic rings. The predicted molar refractivity (Wildman–Crippen MR) is 241 cm³/mol. The van der Waals surface area contributed by atoms with Crippen LogP contribution in [0.15, 0.2) is 66.7 Å². The first-order chi connectivity index (χ1) is 28.1. The first-order valence-corrected chi connectivity index (χ1v) is 20.9. The summed E-state index contributed by atoms with van der Waals surface area (Å²) in [5.41, 5.74) is 7.59. The van der Waals surface area contributed by atoms with Crippen LogP contribution in [0.2, 0.25) is 0 Å². The van der Waals surface area contributed by atoms with Crippen molar-refractivity contribution < 1.29 is 29.9 Å². The van der Waals surface area contributed by atoms with Gasteiger partial charge < -0.3 is 20.1 Å². The van der Waals surface area contributed by atoms with Gasteiger partial charge in [0.1, 0.15) is 29.6 Å². The third-order valence-electron chi connectivity index (χ3n) is 11.8. The zero-order valence-corrected chi connectivity index (χ0v) is 37.7. The molecule has 1 aliphatic carbocycles. The Balaban J connectivity index is 1.70. The second kappa shape index (κ2) is 15.9. The molecule has 0 aliphatic heterocycles. The minimum absolute atomic E-state index is 0.0999. The number of nitro groups is 2. The van der Waals surface area contributed by atoms with Gasteiger partial charge in [-0.3, -0.25) is 20.2 Å². The summed E-state index contributed by atoms with van der Waals surface area (Å²) in [4.78, 5) is 22.4. The fourth-order valence-electron chi connectivity index (χ4n) is 7.95. The van der Waals surface area contributed by atoms with Gasteiger partial charge in [0, 0.05) is 43.4 Å². The Kier molecular flexibility index (Phi) is 11.6. The van der Waals surface area contributed by atoms with E-state index in [0.717, 1.165) is 39.4 Å². The van der Waals surface area contributed by atoms with Gasteiger partial charge in [0.15, 0.2) is 0 Å². The van der Waals surface area contributed by atoms with Gasteiger partial charge >= 0.3 is 0 Å². The molecule has 0 atom stereocenters. The average molecular weight is 829 g/mol. The first-order valence-electron chi connectivity index (χ1n) is 20.9. The molecule has 0 heterocycles. The summed E-state index contributed by atoms with van der Waals surface area (Å²) in [6.45, 7) is 25.2. The van der Waals surface area contributed by atoms with Crippen LogP contribution in [0, 0.1) is 20.2 Å². The molecule has 0 aromatic heterocycles. The Morgan fingerprint density at radius 3 is 0.934 bits per heavy atom. The summed E-state index contributed by atoms with van der Waals surface area (Å²) in [5, 5.41) is 60.4. The Labute approximate surface area is 359 Å². The molecule has 0 fully saturated rings. The fraction of sp³-hybridized carbons (Fsp3) is 0.412. The maximum absolute atomic E-state index is 12.3. The van der Waals surface area contributed by atoms with E-state index in [-0.39, 0.29) is 76.8 Å². The van der Waals surface area contributed by atoms with Gasteiger partial charge in [-0.25, -0.2) is 0 Å². The molecular formula is C51H60N2O8. The number of nitrogens with zero attached hydrogens (tertiary/aromatic N) is 2. The predicted octanol–water partition coefficient (Wildman–Crippen LogP) is 12.1. The molecule has 322 valence electrons. The van der Waals surface area contributed by atoms with Crippen LogP contribution in [-0.4, -0.2) is 25.2 Å². The molecule has 1 aliphatic rings. The zero-order valence-electron chi connectivity index (χ0n) is 37.7. The first kappa shape index (κ1) is 44.6. The average Bonchev–Trinajstić information content (AvgIpc) is 3.13. The second-order valence-electron chi connectivity index (χ2n) is 20.9. The fourth-order valence-corrected chi connectivity index (χ4v) is 7.95. The Hall–Kier alpha value is -5.90. The van der Waals surface area contributed by atoms with Gasteiger partial charge in [0.2, 0.25) is 0 Å². The number of benzene rings is 5. The number of fused-ring (bicyclic) bond motifs is 8. The van der Waals surface area contributed by atoms with Crippen LogP contribution in [0.1, 0.15) is 155 Å². The Morgan fingerprint density at radius 2 is 0.689 bits per heavy atom. The van der Waals surface area contributed by atoms with E-state index in [1.54, 1.807) is 0 Å². The quantitative estimate of drug-likeness (QED) is 0.114. The van der Waals surface area contributed by atoms with E-state index >= 15 is 0 Å². The third-order valence-corrected chi connectivity index (χ3v) is 11.8. The molecule has 8 bridgehead atoms.